The molecule has 1 atom stereocenters. The van der Waals surface area contributed by atoms with E-state index in [0.717, 1.165) is 0 Å². The van der Waals surface area contributed by atoms with Crippen molar-refractivity contribution in [2.75, 3.05) is 31.9 Å². The number of nitrogens with zero attached hydrogens (tertiary/aromatic N) is 4. The van der Waals surface area contributed by atoms with Gasteiger partial charge in [0.2, 0.25) is 15.9 Å². The van der Waals surface area contributed by atoms with Crippen LogP contribution in [0.4, 0.5) is 0 Å². The third-order valence-electron chi connectivity index (χ3n) is 3.89. The van der Waals surface area contributed by atoms with E-state index in [4.69, 9.17) is 5.11 Å². The van der Waals surface area contributed by atoms with Crippen molar-refractivity contribution < 1.29 is 23.1 Å². The van der Waals surface area contributed by atoms with Crippen LogP contribution in [0.5, 0.6) is 0 Å². The molecule has 1 N–H and O–H groups in total. The molecule has 1 amide bonds. The largest absolute Gasteiger partial charge is 0.476 e. The molecule has 1 fully saturated rings. The predicted molar refractivity (Wildman–Crippen MR) is 81.5 cm³/mol. The van der Waals surface area contributed by atoms with Crippen LogP contribution < -0.4 is 0 Å². The SMILES string of the molecule is CCS(=O)(=O)N1CCN(C(=O)C(C)n2ccc(C(=O)O)n2)CC1. The molecular formula is C13H20N4O5S. The molecule has 2 rings (SSSR count). The third kappa shape index (κ3) is 3.70. The lowest BCUT2D eigenvalue weighted by atomic mass is 10.2. The zero-order valence-electron chi connectivity index (χ0n) is 13.0. The van der Waals surface area contributed by atoms with Gasteiger partial charge in [0, 0.05) is 32.4 Å². The van der Waals surface area contributed by atoms with Crippen molar-refractivity contribution in [2.45, 2.75) is 19.9 Å². The van der Waals surface area contributed by atoms with Gasteiger partial charge in [-0.2, -0.15) is 9.40 Å². The molecule has 0 spiro atoms. The first-order valence-electron chi connectivity index (χ1n) is 7.31. The van der Waals surface area contributed by atoms with E-state index in [9.17, 15) is 18.0 Å². The van der Waals surface area contributed by atoms with Crippen molar-refractivity contribution in [1.29, 1.82) is 0 Å². The first kappa shape index (κ1) is 17.4. The molecule has 1 aromatic rings. The topological polar surface area (TPSA) is 113 Å². The molecule has 10 heteroatoms. The Morgan fingerprint density at radius 3 is 2.39 bits per heavy atom. The fourth-order valence-corrected chi connectivity index (χ4v) is 3.50. The number of aromatic nitrogens is 2. The molecule has 128 valence electrons. The Hall–Kier alpha value is -1.94. The maximum Gasteiger partial charge on any atom is 0.356 e. The molecule has 23 heavy (non-hydrogen) atoms. The Balaban J connectivity index is 2.00. The summed E-state index contributed by atoms with van der Waals surface area (Å²) in [4.78, 5) is 24.9. The van der Waals surface area contributed by atoms with Gasteiger partial charge in [-0.15, -0.1) is 0 Å². The van der Waals surface area contributed by atoms with Crippen LogP contribution >= 0.6 is 0 Å². The summed E-state index contributed by atoms with van der Waals surface area (Å²) in [6.07, 6.45) is 1.45. The van der Waals surface area contributed by atoms with E-state index in [1.54, 1.807) is 18.7 Å². The number of rotatable bonds is 5. The Morgan fingerprint density at radius 1 is 1.30 bits per heavy atom. The van der Waals surface area contributed by atoms with Crippen LogP contribution in [0.15, 0.2) is 12.3 Å². The van der Waals surface area contributed by atoms with Gasteiger partial charge >= 0.3 is 5.97 Å². The second kappa shape index (κ2) is 6.67. The number of amides is 1. The number of aromatic carboxylic acids is 1. The average Bonchev–Trinajstić information content (AvgIpc) is 3.04. The fraction of sp³-hybridized carbons (Fsp3) is 0.615. The van der Waals surface area contributed by atoms with Crippen LogP contribution in [-0.4, -0.2) is 76.3 Å². The highest BCUT2D eigenvalue weighted by Gasteiger charge is 2.30. The summed E-state index contributed by atoms with van der Waals surface area (Å²) in [6.45, 7) is 4.40. The van der Waals surface area contributed by atoms with Gasteiger partial charge in [0.1, 0.15) is 6.04 Å². The second-order valence-electron chi connectivity index (χ2n) is 5.29. The molecule has 1 unspecified atom stereocenters. The van der Waals surface area contributed by atoms with Crippen LogP contribution in [0.2, 0.25) is 0 Å². The Bertz CT molecular complexity index is 691. The van der Waals surface area contributed by atoms with Gasteiger partial charge in [0.25, 0.3) is 0 Å². The zero-order valence-corrected chi connectivity index (χ0v) is 13.9. The Morgan fingerprint density at radius 2 is 1.91 bits per heavy atom. The van der Waals surface area contributed by atoms with E-state index in [2.05, 4.69) is 5.10 Å². The lowest BCUT2D eigenvalue weighted by Crippen LogP contribution is -2.52. The minimum atomic E-state index is -3.24. The van der Waals surface area contributed by atoms with Gasteiger partial charge < -0.3 is 10.0 Å². The lowest BCUT2D eigenvalue weighted by Gasteiger charge is -2.35. The van der Waals surface area contributed by atoms with E-state index in [-0.39, 0.29) is 30.4 Å². The summed E-state index contributed by atoms with van der Waals surface area (Å²) < 4.78 is 26.3. The molecule has 1 aliphatic rings. The first-order chi connectivity index (χ1) is 10.8. The Kier molecular flexibility index (Phi) is 5.05. The molecule has 1 aromatic heterocycles. The fourth-order valence-electron chi connectivity index (χ4n) is 2.41. The van der Waals surface area contributed by atoms with Crippen molar-refractivity contribution in [3.63, 3.8) is 0 Å². The molecular weight excluding hydrogens is 324 g/mol. The molecule has 1 saturated heterocycles. The third-order valence-corrected chi connectivity index (χ3v) is 5.77. The van der Waals surface area contributed by atoms with Crippen LogP contribution in [-0.2, 0) is 14.8 Å². The van der Waals surface area contributed by atoms with Gasteiger partial charge in [0.05, 0.1) is 5.75 Å². The summed E-state index contributed by atoms with van der Waals surface area (Å²) in [5.74, 6) is -1.32. The summed E-state index contributed by atoms with van der Waals surface area (Å²) >= 11 is 0. The zero-order chi connectivity index (χ0) is 17.2. The minimum absolute atomic E-state index is 0.0442. The van der Waals surface area contributed by atoms with E-state index in [1.165, 1.54) is 21.3 Å². The van der Waals surface area contributed by atoms with Crippen LogP contribution in [0, 0.1) is 0 Å². The van der Waals surface area contributed by atoms with Crippen molar-refractivity contribution in [2.24, 2.45) is 0 Å². The molecule has 0 aromatic carbocycles. The van der Waals surface area contributed by atoms with Gasteiger partial charge in [0.15, 0.2) is 5.69 Å². The molecule has 0 saturated carbocycles. The van der Waals surface area contributed by atoms with Crippen LogP contribution in [0.3, 0.4) is 0 Å². The number of carbonyl (C=O) groups excluding carboxylic acids is 1. The number of hydrogen-bond donors (Lipinski definition) is 1. The highest BCUT2D eigenvalue weighted by atomic mass is 32.2. The highest BCUT2D eigenvalue weighted by molar-refractivity contribution is 7.89. The van der Waals surface area contributed by atoms with Gasteiger partial charge in [-0.05, 0) is 19.9 Å². The number of hydrogen-bond acceptors (Lipinski definition) is 5. The molecule has 0 bridgehead atoms. The van der Waals surface area contributed by atoms with Crippen molar-refractivity contribution in [3.05, 3.63) is 18.0 Å². The van der Waals surface area contributed by atoms with Gasteiger partial charge in [-0.3, -0.25) is 9.48 Å². The first-order valence-corrected chi connectivity index (χ1v) is 8.92. The van der Waals surface area contributed by atoms with Gasteiger partial charge in [-0.1, -0.05) is 0 Å². The standard InChI is InChI=1S/C13H20N4O5S/c1-3-23(21,22)16-8-6-15(7-9-16)12(18)10(2)17-5-4-11(14-17)13(19)20/h4-5,10H,3,6-9H2,1-2H3,(H,19,20). The maximum absolute atomic E-state index is 12.5. The van der Waals surface area contributed by atoms with Crippen molar-refractivity contribution in [3.8, 4) is 0 Å². The predicted octanol–water partition coefficient (Wildman–Crippen LogP) is -0.364. The van der Waals surface area contributed by atoms with Crippen LogP contribution in [0.1, 0.15) is 30.4 Å². The smallest absolute Gasteiger partial charge is 0.356 e. The molecule has 0 aliphatic carbocycles. The van der Waals surface area contributed by atoms with Crippen molar-refractivity contribution >= 4 is 21.9 Å². The number of piperazine rings is 1. The van der Waals surface area contributed by atoms with E-state index in [0.29, 0.717) is 13.1 Å². The maximum atomic E-state index is 12.5. The second-order valence-corrected chi connectivity index (χ2v) is 7.54. The quantitative estimate of drug-likeness (QED) is 0.780. The molecule has 1 aliphatic heterocycles. The van der Waals surface area contributed by atoms with E-state index in [1.807, 2.05) is 0 Å². The highest BCUT2D eigenvalue weighted by Crippen LogP contribution is 2.14. The number of sulfonamides is 1. The molecule has 0 radical (unpaired) electrons. The van der Waals surface area contributed by atoms with Crippen LogP contribution in [0.25, 0.3) is 0 Å². The summed E-state index contributed by atoms with van der Waals surface area (Å²) in [5, 5.41) is 12.7. The van der Waals surface area contributed by atoms with Crippen molar-refractivity contribution in [1.82, 2.24) is 19.0 Å². The normalized spacial score (nSPS) is 17.9. The Labute approximate surface area is 134 Å². The summed E-state index contributed by atoms with van der Waals surface area (Å²) in [5.41, 5.74) is -0.122. The number of carbonyl (C=O) groups is 2. The number of carboxylic acids is 1. The van der Waals surface area contributed by atoms with E-state index >= 15 is 0 Å². The summed E-state index contributed by atoms with van der Waals surface area (Å²) in [7, 11) is -3.24. The monoisotopic (exact) mass is 344 g/mol. The van der Waals surface area contributed by atoms with Gasteiger partial charge in [-0.25, -0.2) is 13.2 Å². The average molecular weight is 344 g/mol. The molecule has 2 heterocycles. The summed E-state index contributed by atoms with van der Waals surface area (Å²) in [6, 6.07) is 0.690. The number of carboxylic acid groups (broad SMARTS) is 1. The minimum Gasteiger partial charge on any atom is -0.476 e. The van der Waals surface area contributed by atoms with E-state index < -0.39 is 22.0 Å². The lowest BCUT2D eigenvalue weighted by molar-refractivity contribution is -0.135. The molecule has 9 nitrogen and oxygen atoms in total.